The topological polar surface area (TPSA) is 73.9 Å². The third kappa shape index (κ3) is 7.64. The number of rotatable bonds is 6. The van der Waals surface area contributed by atoms with Crippen LogP contribution in [0, 0.1) is 5.41 Å². The summed E-state index contributed by atoms with van der Waals surface area (Å²) < 4.78 is 5.99. The zero-order valence-electron chi connectivity index (χ0n) is 23.9. The van der Waals surface area contributed by atoms with Crippen molar-refractivity contribution < 1.29 is 14.3 Å². The molecule has 0 radical (unpaired) electrons. The zero-order valence-corrected chi connectivity index (χ0v) is 23.9. The second-order valence-corrected chi connectivity index (χ2v) is 11.9. The predicted octanol–water partition coefficient (Wildman–Crippen LogP) is 4.33. The summed E-state index contributed by atoms with van der Waals surface area (Å²) in [6.45, 7) is 5.97. The fourth-order valence-corrected chi connectivity index (χ4v) is 6.64. The van der Waals surface area contributed by atoms with Crippen LogP contribution in [-0.4, -0.2) is 74.0 Å². The van der Waals surface area contributed by atoms with Gasteiger partial charge in [-0.05, 0) is 88.3 Å². The average molecular weight is 547 g/mol. The van der Waals surface area contributed by atoms with Crippen LogP contribution in [0.1, 0.15) is 68.5 Å². The number of likely N-dealkylation sites (tertiary alicyclic amines) is 2. The van der Waals surface area contributed by atoms with E-state index in [1.165, 1.54) is 24.8 Å². The molecule has 0 aliphatic carbocycles. The highest BCUT2D eigenvalue weighted by Crippen LogP contribution is 2.37. The number of piperidine rings is 2. The Bertz CT molecular complexity index is 1090. The SMILES string of the molecule is O=C(CN1CCC2(CCCCc3ccccc3OCCNC2=O)CC1)NC(CN1CCCCC1)c1ccccc1. The average Bonchev–Trinajstić information content (AvgIpc) is 2.99. The van der Waals surface area contributed by atoms with Gasteiger partial charge in [0.05, 0.1) is 24.5 Å². The number of amides is 2. The Balaban J connectivity index is 1.15. The molecular formula is C33H46N4O3. The summed E-state index contributed by atoms with van der Waals surface area (Å²) >= 11 is 0. The Kier molecular flexibility index (Phi) is 10.1. The van der Waals surface area contributed by atoms with Crippen molar-refractivity contribution in [2.75, 3.05) is 52.4 Å². The van der Waals surface area contributed by atoms with Crippen LogP contribution in [0.4, 0.5) is 0 Å². The number of ether oxygens (including phenoxy) is 1. The minimum Gasteiger partial charge on any atom is -0.491 e. The van der Waals surface area contributed by atoms with Crippen molar-refractivity contribution in [2.24, 2.45) is 5.41 Å². The molecule has 0 saturated carbocycles. The molecule has 0 aromatic heterocycles. The van der Waals surface area contributed by atoms with Crippen LogP contribution in [0.5, 0.6) is 5.75 Å². The minimum atomic E-state index is -0.355. The maximum absolute atomic E-state index is 13.4. The number of hydrogen-bond donors (Lipinski definition) is 2. The van der Waals surface area contributed by atoms with Crippen LogP contribution in [0.2, 0.25) is 0 Å². The van der Waals surface area contributed by atoms with Gasteiger partial charge in [0, 0.05) is 6.54 Å². The van der Waals surface area contributed by atoms with Gasteiger partial charge in [-0.15, -0.1) is 0 Å². The smallest absolute Gasteiger partial charge is 0.234 e. The lowest BCUT2D eigenvalue weighted by Crippen LogP contribution is -2.51. The van der Waals surface area contributed by atoms with E-state index in [4.69, 9.17) is 4.74 Å². The number of carbonyl (C=O) groups is 2. The molecule has 2 saturated heterocycles. The molecule has 0 bridgehead atoms. The monoisotopic (exact) mass is 546 g/mol. The molecule has 7 nitrogen and oxygen atoms in total. The Hall–Kier alpha value is -2.90. The highest BCUT2D eigenvalue weighted by Gasteiger charge is 2.41. The van der Waals surface area contributed by atoms with Crippen LogP contribution in [-0.2, 0) is 16.0 Å². The molecule has 3 aliphatic rings. The first-order valence-electron chi connectivity index (χ1n) is 15.4. The largest absolute Gasteiger partial charge is 0.491 e. The van der Waals surface area contributed by atoms with E-state index in [1.54, 1.807) is 0 Å². The van der Waals surface area contributed by atoms with Gasteiger partial charge in [0.25, 0.3) is 0 Å². The molecule has 216 valence electrons. The Morgan fingerprint density at radius 2 is 1.62 bits per heavy atom. The first-order chi connectivity index (χ1) is 19.6. The van der Waals surface area contributed by atoms with Crippen LogP contribution in [0.25, 0.3) is 0 Å². The van der Waals surface area contributed by atoms with Crippen molar-refractivity contribution in [3.05, 3.63) is 65.7 Å². The van der Waals surface area contributed by atoms with Gasteiger partial charge in [0.1, 0.15) is 12.4 Å². The predicted molar refractivity (Wildman–Crippen MR) is 158 cm³/mol. The summed E-state index contributed by atoms with van der Waals surface area (Å²) in [6, 6.07) is 18.6. The molecule has 3 heterocycles. The Labute approximate surface area is 239 Å². The molecule has 1 spiro atoms. The molecule has 2 fully saturated rings. The summed E-state index contributed by atoms with van der Waals surface area (Å²) in [5.41, 5.74) is 2.06. The highest BCUT2D eigenvalue weighted by atomic mass is 16.5. The number of nitrogens with one attached hydrogen (secondary N) is 2. The molecule has 40 heavy (non-hydrogen) atoms. The summed E-state index contributed by atoms with van der Waals surface area (Å²) in [5.74, 6) is 1.16. The molecule has 7 heteroatoms. The zero-order chi connectivity index (χ0) is 27.6. The molecule has 2 aromatic carbocycles. The number of aryl methyl sites for hydroxylation is 1. The van der Waals surface area contributed by atoms with Crippen LogP contribution in [0.3, 0.4) is 0 Å². The first kappa shape index (κ1) is 28.6. The molecular weight excluding hydrogens is 500 g/mol. The van der Waals surface area contributed by atoms with Gasteiger partial charge in [0.2, 0.25) is 11.8 Å². The van der Waals surface area contributed by atoms with Crippen molar-refractivity contribution in [3.63, 3.8) is 0 Å². The fourth-order valence-electron chi connectivity index (χ4n) is 6.64. The van der Waals surface area contributed by atoms with Crippen molar-refractivity contribution in [2.45, 2.75) is 63.8 Å². The van der Waals surface area contributed by atoms with Gasteiger partial charge in [-0.1, -0.05) is 61.4 Å². The fraction of sp³-hybridized carbons (Fsp3) is 0.576. The van der Waals surface area contributed by atoms with Crippen molar-refractivity contribution >= 4 is 11.8 Å². The molecule has 3 aliphatic heterocycles. The van der Waals surface area contributed by atoms with Crippen molar-refractivity contribution in [3.8, 4) is 5.75 Å². The number of benzene rings is 2. The van der Waals surface area contributed by atoms with Gasteiger partial charge in [-0.2, -0.15) is 0 Å². The molecule has 1 atom stereocenters. The lowest BCUT2D eigenvalue weighted by Gasteiger charge is -2.41. The second-order valence-electron chi connectivity index (χ2n) is 11.9. The number of para-hydroxylation sites is 1. The van der Waals surface area contributed by atoms with E-state index in [1.807, 2.05) is 30.3 Å². The van der Waals surface area contributed by atoms with Crippen LogP contribution in [0.15, 0.2) is 54.6 Å². The Morgan fingerprint density at radius 3 is 2.42 bits per heavy atom. The van der Waals surface area contributed by atoms with Crippen LogP contribution < -0.4 is 15.4 Å². The second kappa shape index (κ2) is 14.1. The lowest BCUT2D eigenvalue weighted by atomic mass is 9.73. The lowest BCUT2D eigenvalue weighted by molar-refractivity contribution is -0.135. The van der Waals surface area contributed by atoms with E-state index in [0.717, 1.165) is 82.6 Å². The van der Waals surface area contributed by atoms with Gasteiger partial charge < -0.3 is 20.3 Å². The first-order valence-corrected chi connectivity index (χ1v) is 15.4. The van der Waals surface area contributed by atoms with Gasteiger partial charge >= 0.3 is 0 Å². The van der Waals surface area contributed by atoms with E-state index < -0.39 is 0 Å². The van der Waals surface area contributed by atoms with E-state index in [2.05, 4.69) is 44.7 Å². The standard InChI is InChI=1S/C33H46N4O3/c38-31(35-29(27-11-3-1-4-12-27)25-36-20-9-2-10-21-36)26-37-22-17-33(18-23-37)16-8-7-14-28-13-5-6-15-30(28)40-24-19-34-32(33)39/h1,3-6,11-13,15,29H,2,7-10,14,16-26H2,(H,34,39)(H,35,38). The minimum absolute atomic E-state index is 0.00707. The molecule has 2 amide bonds. The number of nitrogens with zero attached hydrogens (tertiary/aromatic N) is 2. The highest BCUT2D eigenvalue weighted by molar-refractivity contribution is 5.83. The normalized spacial score (nSPS) is 21.6. The number of hydrogen-bond acceptors (Lipinski definition) is 5. The molecule has 5 rings (SSSR count). The molecule has 2 N–H and O–H groups in total. The summed E-state index contributed by atoms with van der Waals surface area (Å²) in [6.07, 6.45) is 9.27. The van der Waals surface area contributed by atoms with Gasteiger partial charge in [-0.25, -0.2) is 0 Å². The van der Waals surface area contributed by atoms with Crippen molar-refractivity contribution in [1.29, 1.82) is 0 Å². The maximum atomic E-state index is 13.4. The summed E-state index contributed by atoms with van der Waals surface area (Å²) in [7, 11) is 0. The van der Waals surface area contributed by atoms with E-state index >= 15 is 0 Å². The van der Waals surface area contributed by atoms with E-state index in [-0.39, 0.29) is 23.3 Å². The maximum Gasteiger partial charge on any atom is 0.234 e. The molecule has 2 aromatic rings. The third-order valence-corrected chi connectivity index (χ3v) is 9.06. The van der Waals surface area contributed by atoms with E-state index in [0.29, 0.717) is 19.7 Å². The van der Waals surface area contributed by atoms with Gasteiger partial charge in [-0.3, -0.25) is 14.5 Å². The van der Waals surface area contributed by atoms with Crippen molar-refractivity contribution in [1.82, 2.24) is 20.4 Å². The Morgan fingerprint density at radius 1 is 0.875 bits per heavy atom. The van der Waals surface area contributed by atoms with Crippen LogP contribution >= 0.6 is 0 Å². The number of fused-ring (bicyclic) bond motifs is 1. The number of carbonyl (C=O) groups excluding carboxylic acids is 2. The third-order valence-electron chi connectivity index (χ3n) is 9.06. The summed E-state index contributed by atoms with van der Waals surface area (Å²) in [4.78, 5) is 31.4. The summed E-state index contributed by atoms with van der Waals surface area (Å²) in [5, 5.41) is 6.51. The van der Waals surface area contributed by atoms with Gasteiger partial charge in [0.15, 0.2) is 0 Å². The van der Waals surface area contributed by atoms with E-state index in [9.17, 15) is 9.59 Å². The quantitative estimate of drug-likeness (QED) is 0.564. The molecule has 1 unspecified atom stereocenters.